The Morgan fingerprint density at radius 2 is 1.76 bits per heavy atom. The largest absolute Gasteiger partial charge is 0.497 e. The first-order valence-corrected chi connectivity index (χ1v) is 14.3. The molecule has 0 aliphatic carbocycles. The molecule has 214 valence electrons. The van der Waals surface area contributed by atoms with E-state index in [-0.39, 0.29) is 24.0 Å². The Labute approximate surface area is 240 Å². The summed E-state index contributed by atoms with van der Waals surface area (Å²) in [5.74, 6) is 1.53. The summed E-state index contributed by atoms with van der Waals surface area (Å²) >= 11 is 0. The Kier molecular flexibility index (Phi) is 7.53. The Bertz CT molecular complexity index is 1510. The lowest BCUT2D eigenvalue weighted by Crippen LogP contribution is -2.36. The molecule has 2 aliphatic heterocycles. The number of hydrogen-bond donors (Lipinski definition) is 0. The van der Waals surface area contributed by atoms with E-state index in [1.807, 2.05) is 59.9 Å². The van der Waals surface area contributed by atoms with Gasteiger partial charge in [0.15, 0.2) is 0 Å². The maximum absolute atomic E-state index is 13.1. The number of aromatic nitrogens is 3. The number of likely N-dealkylation sites (tertiary alicyclic amines) is 1. The lowest BCUT2D eigenvalue weighted by atomic mass is 10.0. The first-order valence-electron chi connectivity index (χ1n) is 14.3. The minimum absolute atomic E-state index is 0.0312. The second kappa shape index (κ2) is 11.4. The molecule has 41 heavy (non-hydrogen) atoms. The number of carbonyl (C=O) groups excluding carboxylic acids is 1. The minimum Gasteiger partial charge on any atom is -0.497 e. The van der Waals surface area contributed by atoms with Crippen LogP contribution >= 0.6 is 0 Å². The number of aryl methyl sites for hydroxylation is 1. The predicted octanol–water partition coefficient (Wildman–Crippen LogP) is 4.93. The normalized spacial score (nSPS) is 19.0. The number of amides is 1. The highest BCUT2D eigenvalue weighted by molar-refractivity contribution is 5.79. The molecule has 0 radical (unpaired) electrons. The summed E-state index contributed by atoms with van der Waals surface area (Å²) in [5, 5.41) is 4.56. The molecule has 3 atom stereocenters. The van der Waals surface area contributed by atoms with Gasteiger partial charge in [0.1, 0.15) is 17.4 Å². The highest BCUT2D eigenvalue weighted by atomic mass is 16.5. The molecule has 9 heteroatoms. The van der Waals surface area contributed by atoms with Gasteiger partial charge in [0.25, 0.3) is 0 Å². The van der Waals surface area contributed by atoms with Crippen LogP contribution in [0.2, 0.25) is 0 Å². The monoisotopic (exact) mass is 555 g/mol. The average Bonchev–Trinajstić information content (AvgIpc) is 3.59. The topological polar surface area (TPSA) is 81.4 Å². The molecular formula is C32H37N5O4. The minimum atomic E-state index is -0.212. The zero-order valence-corrected chi connectivity index (χ0v) is 24.1. The van der Waals surface area contributed by atoms with Gasteiger partial charge in [-0.3, -0.25) is 4.79 Å². The number of methoxy groups -OCH3 is 1. The van der Waals surface area contributed by atoms with Gasteiger partial charge in [-0.15, -0.1) is 0 Å². The summed E-state index contributed by atoms with van der Waals surface area (Å²) in [6.07, 6.45) is 4.01. The van der Waals surface area contributed by atoms with Crippen molar-refractivity contribution in [2.24, 2.45) is 5.92 Å². The summed E-state index contributed by atoms with van der Waals surface area (Å²) < 4.78 is 19.2. The third kappa shape index (κ3) is 5.46. The van der Waals surface area contributed by atoms with E-state index < -0.39 is 0 Å². The van der Waals surface area contributed by atoms with Crippen LogP contribution < -0.4 is 14.4 Å². The van der Waals surface area contributed by atoms with Crippen LogP contribution in [0.5, 0.6) is 11.6 Å². The molecule has 4 heterocycles. The second-order valence-electron chi connectivity index (χ2n) is 11.0. The van der Waals surface area contributed by atoms with Crippen molar-refractivity contribution in [3.8, 4) is 22.9 Å². The van der Waals surface area contributed by atoms with E-state index in [4.69, 9.17) is 19.2 Å². The fraction of sp³-hybridized carbons (Fsp3) is 0.406. The average molecular weight is 556 g/mol. The van der Waals surface area contributed by atoms with E-state index in [1.165, 1.54) is 5.69 Å². The number of anilines is 1. The number of nitrogens with zero attached hydrogens (tertiary/aromatic N) is 5. The molecule has 2 saturated heterocycles. The Balaban J connectivity index is 1.21. The Morgan fingerprint density at radius 3 is 2.46 bits per heavy atom. The maximum atomic E-state index is 13.1. The summed E-state index contributed by atoms with van der Waals surface area (Å²) in [6, 6.07) is 16.3. The summed E-state index contributed by atoms with van der Waals surface area (Å²) in [6.45, 7) is 10.0. The lowest BCUT2D eigenvalue weighted by molar-refractivity contribution is -0.129. The van der Waals surface area contributed by atoms with Gasteiger partial charge >= 0.3 is 0 Å². The second-order valence-corrected chi connectivity index (χ2v) is 11.0. The quantitative estimate of drug-likeness (QED) is 0.305. The van der Waals surface area contributed by atoms with Crippen LogP contribution in [0.1, 0.15) is 37.4 Å². The van der Waals surface area contributed by atoms with E-state index in [9.17, 15) is 4.79 Å². The third-order valence-corrected chi connectivity index (χ3v) is 8.40. The van der Waals surface area contributed by atoms with Crippen molar-refractivity contribution in [3.63, 3.8) is 0 Å². The van der Waals surface area contributed by atoms with Crippen molar-refractivity contribution in [1.29, 1.82) is 0 Å². The molecule has 1 amide bonds. The van der Waals surface area contributed by atoms with Crippen molar-refractivity contribution >= 4 is 17.1 Å². The van der Waals surface area contributed by atoms with E-state index in [1.54, 1.807) is 7.11 Å². The van der Waals surface area contributed by atoms with Crippen LogP contribution in [0.4, 0.5) is 5.69 Å². The number of rotatable bonds is 8. The molecule has 6 rings (SSSR count). The van der Waals surface area contributed by atoms with Gasteiger partial charge in [0, 0.05) is 48.8 Å². The smallest absolute Gasteiger partial charge is 0.241 e. The van der Waals surface area contributed by atoms with Crippen molar-refractivity contribution in [2.75, 3.05) is 44.9 Å². The number of morpholine rings is 1. The molecule has 0 N–H and O–H groups in total. The molecule has 2 aromatic heterocycles. The van der Waals surface area contributed by atoms with Crippen LogP contribution in [-0.4, -0.2) is 71.5 Å². The maximum Gasteiger partial charge on any atom is 0.241 e. The number of ether oxygens (including phenoxy) is 3. The van der Waals surface area contributed by atoms with Gasteiger partial charge in [-0.2, -0.15) is 5.10 Å². The molecule has 4 aromatic rings. The molecule has 0 spiro atoms. The van der Waals surface area contributed by atoms with Crippen molar-refractivity contribution in [1.82, 2.24) is 19.5 Å². The first-order chi connectivity index (χ1) is 19.9. The lowest BCUT2D eigenvalue weighted by Gasteiger charge is -2.28. The molecule has 2 fully saturated rings. The number of fused-ring (bicyclic) bond motifs is 1. The van der Waals surface area contributed by atoms with Gasteiger partial charge in [0.2, 0.25) is 11.8 Å². The fourth-order valence-corrected chi connectivity index (χ4v) is 5.79. The SMILES string of the molecule is COc1ccc([C@@H](C)N2C[C@H]([C@@H](C)Oc3nc(-c4ccc(N5CCOCC5)cc4)cn4ncc(C)c34)CC2=O)cc1. The highest BCUT2D eigenvalue weighted by Crippen LogP contribution is 2.34. The molecule has 2 aromatic carbocycles. The van der Waals surface area contributed by atoms with Crippen molar-refractivity contribution < 1.29 is 19.0 Å². The number of benzene rings is 2. The summed E-state index contributed by atoms with van der Waals surface area (Å²) in [4.78, 5) is 22.3. The molecular weight excluding hydrogens is 518 g/mol. The Hall–Kier alpha value is -4.11. The Morgan fingerprint density at radius 1 is 1.02 bits per heavy atom. The van der Waals surface area contributed by atoms with E-state index in [0.29, 0.717) is 18.8 Å². The van der Waals surface area contributed by atoms with Gasteiger partial charge in [-0.05, 0) is 50.6 Å². The van der Waals surface area contributed by atoms with Crippen LogP contribution in [0.3, 0.4) is 0 Å². The molecule has 0 saturated carbocycles. The summed E-state index contributed by atoms with van der Waals surface area (Å²) in [7, 11) is 1.65. The zero-order chi connectivity index (χ0) is 28.5. The van der Waals surface area contributed by atoms with Crippen molar-refractivity contribution in [2.45, 2.75) is 39.3 Å². The van der Waals surface area contributed by atoms with E-state index in [2.05, 4.69) is 41.2 Å². The third-order valence-electron chi connectivity index (χ3n) is 8.40. The molecule has 9 nitrogen and oxygen atoms in total. The molecule has 2 aliphatic rings. The first kappa shape index (κ1) is 27.1. The van der Waals surface area contributed by atoms with Gasteiger partial charge in [-0.1, -0.05) is 24.3 Å². The fourth-order valence-electron chi connectivity index (χ4n) is 5.79. The number of hydrogen-bond acceptors (Lipinski definition) is 7. The van der Waals surface area contributed by atoms with Crippen LogP contribution in [0.15, 0.2) is 60.9 Å². The predicted molar refractivity (Wildman–Crippen MR) is 158 cm³/mol. The standard InChI is InChI=1S/C32H37N5O4/c1-21-18-33-37-20-29(25-5-9-27(10-6-25)35-13-15-40-16-14-35)34-32(31(21)37)41-23(3)26-17-30(38)36(19-26)22(2)24-7-11-28(39-4)12-8-24/h5-12,18,20,22-23,26H,13-17,19H2,1-4H3/t22-,23-,26-/m1/s1. The van der Waals surface area contributed by atoms with Crippen LogP contribution in [0, 0.1) is 12.8 Å². The van der Waals surface area contributed by atoms with Gasteiger partial charge in [-0.25, -0.2) is 9.50 Å². The zero-order valence-electron chi connectivity index (χ0n) is 24.1. The van der Waals surface area contributed by atoms with Crippen LogP contribution in [0.25, 0.3) is 16.8 Å². The van der Waals surface area contributed by atoms with Gasteiger partial charge in [0.05, 0.1) is 44.5 Å². The van der Waals surface area contributed by atoms with E-state index in [0.717, 1.165) is 60.0 Å². The van der Waals surface area contributed by atoms with Crippen molar-refractivity contribution in [3.05, 3.63) is 72.1 Å². The van der Waals surface area contributed by atoms with Crippen LogP contribution in [-0.2, 0) is 9.53 Å². The summed E-state index contributed by atoms with van der Waals surface area (Å²) in [5.41, 5.74) is 5.87. The highest BCUT2D eigenvalue weighted by Gasteiger charge is 2.37. The van der Waals surface area contributed by atoms with Gasteiger partial charge < -0.3 is 24.0 Å². The molecule has 0 bridgehead atoms. The van der Waals surface area contributed by atoms with E-state index >= 15 is 0 Å². The molecule has 0 unspecified atom stereocenters. The number of carbonyl (C=O) groups is 1.